The molecule has 0 fully saturated rings. The zero-order chi connectivity index (χ0) is 22.1. The van der Waals surface area contributed by atoms with Gasteiger partial charge in [0.25, 0.3) is 0 Å². The molecule has 5 nitrogen and oxygen atoms in total. The van der Waals surface area contributed by atoms with E-state index in [-0.39, 0.29) is 23.9 Å². The Morgan fingerprint density at radius 1 is 1.00 bits per heavy atom. The molecule has 5 heteroatoms. The van der Waals surface area contributed by atoms with Crippen molar-refractivity contribution in [3.05, 3.63) is 48.6 Å². The molecule has 29 heavy (non-hydrogen) atoms. The fraction of sp³-hybridized carbons (Fsp3) is 0.583. The van der Waals surface area contributed by atoms with Gasteiger partial charge in [-0.15, -0.1) is 6.58 Å². The van der Waals surface area contributed by atoms with Crippen LogP contribution in [0.4, 0.5) is 0 Å². The molecular weight excluding hydrogens is 366 g/mol. The first-order chi connectivity index (χ1) is 13.6. The van der Waals surface area contributed by atoms with E-state index < -0.39 is 10.8 Å². The summed E-state index contributed by atoms with van der Waals surface area (Å²) in [6, 6.07) is 9.70. The van der Waals surface area contributed by atoms with Gasteiger partial charge >= 0.3 is 11.9 Å². The highest BCUT2D eigenvalue weighted by atomic mass is 16.5. The standard InChI is InChI=1S/C24H37NO4/c1-8-16-25-20(24(6,7)22(27)29-10-3)17-19(18-14-12-11-13-15-18)23(4,5)21(26)28-9-2/h8,11-15,19-20,25H,1,9-10,16-17H2,2-7H3. The quantitative estimate of drug-likeness (QED) is 0.412. The van der Waals surface area contributed by atoms with Crippen molar-refractivity contribution < 1.29 is 19.1 Å². The molecule has 0 saturated carbocycles. The van der Waals surface area contributed by atoms with Crippen LogP contribution in [0.15, 0.2) is 43.0 Å². The maximum atomic E-state index is 12.8. The molecule has 0 radical (unpaired) electrons. The van der Waals surface area contributed by atoms with Crippen molar-refractivity contribution in [2.75, 3.05) is 19.8 Å². The Kier molecular flexibility index (Phi) is 9.57. The van der Waals surface area contributed by atoms with Crippen LogP contribution >= 0.6 is 0 Å². The number of hydrogen-bond donors (Lipinski definition) is 1. The average molecular weight is 404 g/mol. The number of hydrogen-bond acceptors (Lipinski definition) is 5. The van der Waals surface area contributed by atoms with Crippen LogP contribution in [0.25, 0.3) is 0 Å². The second-order valence-electron chi connectivity index (χ2n) is 8.33. The summed E-state index contributed by atoms with van der Waals surface area (Å²) in [5.41, 5.74) is -0.511. The number of nitrogens with one attached hydrogen (secondary N) is 1. The van der Waals surface area contributed by atoms with E-state index in [9.17, 15) is 9.59 Å². The lowest BCUT2D eigenvalue weighted by atomic mass is 9.68. The summed E-state index contributed by atoms with van der Waals surface area (Å²) in [4.78, 5) is 25.5. The fourth-order valence-electron chi connectivity index (χ4n) is 3.55. The minimum atomic E-state index is -0.781. The van der Waals surface area contributed by atoms with E-state index >= 15 is 0 Å². The zero-order valence-electron chi connectivity index (χ0n) is 18.8. The van der Waals surface area contributed by atoms with Crippen LogP contribution < -0.4 is 5.32 Å². The lowest BCUT2D eigenvalue weighted by Crippen LogP contribution is -2.50. The molecule has 1 N–H and O–H groups in total. The Bertz CT molecular complexity index is 667. The summed E-state index contributed by atoms with van der Waals surface area (Å²) in [5, 5.41) is 3.42. The maximum absolute atomic E-state index is 12.8. The molecule has 0 aliphatic rings. The Morgan fingerprint density at radius 3 is 2.00 bits per heavy atom. The molecule has 1 rings (SSSR count). The highest BCUT2D eigenvalue weighted by Crippen LogP contribution is 2.42. The van der Waals surface area contributed by atoms with Crippen LogP contribution in [-0.4, -0.2) is 37.7 Å². The third kappa shape index (κ3) is 6.43. The Balaban J connectivity index is 3.35. The first-order valence-corrected chi connectivity index (χ1v) is 10.4. The lowest BCUT2D eigenvalue weighted by Gasteiger charge is -2.39. The molecule has 0 aromatic heterocycles. The molecule has 0 heterocycles. The van der Waals surface area contributed by atoms with Crippen molar-refractivity contribution in [1.82, 2.24) is 5.32 Å². The summed E-state index contributed by atoms with van der Waals surface area (Å²) in [6.45, 7) is 16.2. The number of rotatable bonds is 12. The van der Waals surface area contributed by atoms with Crippen molar-refractivity contribution in [1.29, 1.82) is 0 Å². The normalized spacial score (nSPS) is 14.0. The second kappa shape index (κ2) is 11.1. The van der Waals surface area contributed by atoms with E-state index in [1.807, 2.05) is 65.0 Å². The SMILES string of the molecule is C=CCNC(CC(c1ccccc1)C(C)(C)C(=O)OCC)C(C)(C)C(=O)OCC. The largest absolute Gasteiger partial charge is 0.466 e. The molecule has 1 aromatic rings. The van der Waals surface area contributed by atoms with Crippen molar-refractivity contribution in [3.63, 3.8) is 0 Å². The molecule has 0 amide bonds. The molecular formula is C24H37NO4. The van der Waals surface area contributed by atoms with E-state index in [0.29, 0.717) is 26.2 Å². The summed E-state index contributed by atoms with van der Waals surface area (Å²) in [7, 11) is 0. The Morgan fingerprint density at radius 2 is 1.52 bits per heavy atom. The van der Waals surface area contributed by atoms with Gasteiger partial charge in [-0.25, -0.2) is 0 Å². The van der Waals surface area contributed by atoms with E-state index in [1.165, 1.54) is 0 Å². The minimum absolute atomic E-state index is 0.154. The third-order valence-electron chi connectivity index (χ3n) is 5.53. The maximum Gasteiger partial charge on any atom is 0.313 e. The predicted octanol–water partition coefficient (Wildman–Crippen LogP) is 4.48. The molecule has 1 aromatic carbocycles. The van der Waals surface area contributed by atoms with Crippen molar-refractivity contribution in [2.24, 2.45) is 10.8 Å². The fourth-order valence-corrected chi connectivity index (χ4v) is 3.55. The van der Waals surface area contributed by atoms with Gasteiger partial charge in [0.15, 0.2) is 0 Å². The smallest absolute Gasteiger partial charge is 0.313 e. The predicted molar refractivity (Wildman–Crippen MR) is 117 cm³/mol. The van der Waals surface area contributed by atoms with E-state index in [1.54, 1.807) is 13.0 Å². The molecule has 0 bridgehead atoms. The number of ether oxygens (including phenoxy) is 2. The molecule has 0 aliphatic heterocycles. The molecule has 2 atom stereocenters. The average Bonchev–Trinajstić information content (AvgIpc) is 2.68. The molecule has 2 unspecified atom stereocenters. The summed E-state index contributed by atoms with van der Waals surface area (Å²) < 4.78 is 10.7. The van der Waals surface area contributed by atoms with Gasteiger partial charge in [-0.2, -0.15) is 0 Å². The van der Waals surface area contributed by atoms with Crippen LogP contribution in [0.2, 0.25) is 0 Å². The van der Waals surface area contributed by atoms with Crippen molar-refractivity contribution in [2.45, 2.75) is 59.9 Å². The highest BCUT2D eigenvalue weighted by molar-refractivity contribution is 5.78. The van der Waals surface area contributed by atoms with Crippen LogP contribution in [0.5, 0.6) is 0 Å². The number of benzene rings is 1. The van der Waals surface area contributed by atoms with Crippen LogP contribution in [0, 0.1) is 10.8 Å². The topological polar surface area (TPSA) is 64.6 Å². The lowest BCUT2D eigenvalue weighted by molar-refractivity contribution is -0.156. The van der Waals surface area contributed by atoms with Gasteiger partial charge in [0, 0.05) is 18.5 Å². The number of carbonyl (C=O) groups excluding carboxylic acids is 2. The molecule has 0 saturated heterocycles. The van der Waals surface area contributed by atoms with Crippen LogP contribution in [-0.2, 0) is 19.1 Å². The second-order valence-corrected chi connectivity index (χ2v) is 8.33. The first-order valence-electron chi connectivity index (χ1n) is 10.4. The minimum Gasteiger partial charge on any atom is -0.466 e. The van der Waals surface area contributed by atoms with Gasteiger partial charge in [-0.1, -0.05) is 36.4 Å². The van der Waals surface area contributed by atoms with E-state index in [2.05, 4.69) is 11.9 Å². The third-order valence-corrected chi connectivity index (χ3v) is 5.53. The van der Waals surface area contributed by atoms with Crippen molar-refractivity contribution >= 4 is 11.9 Å². The summed E-state index contributed by atoms with van der Waals surface area (Å²) >= 11 is 0. The Hall–Kier alpha value is -2.14. The van der Waals surface area contributed by atoms with E-state index in [4.69, 9.17) is 9.47 Å². The van der Waals surface area contributed by atoms with Gasteiger partial charge in [0.1, 0.15) is 0 Å². The van der Waals surface area contributed by atoms with Gasteiger partial charge in [0.05, 0.1) is 24.0 Å². The highest BCUT2D eigenvalue weighted by Gasteiger charge is 2.45. The molecule has 0 aliphatic carbocycles. The van der Waals surface area contributed by atoms with Gasteiger partial charge in [0.2, 0.25) is 0 Å². The van der Waals surface area contributed by atoms with Gasteiger partial charge < -0.3 is 14.8 Å². The van der Waals surface area contributed by atoms with Crippen molar-refractivity contribution in [3.8, 4) is 0 Å². The Labute approximate surface area is 175 Å². The monoisotopic (exact) mass is 403 g/mol. The van der Waals surface area contributed by atoms with Gasteiger partial charge in [-0.05, 0) is 53.5 Å². The number of esters is 2. The molecule has 162 valence electrons. The number of carbonyl (C=O) groups is 2. The van der Waals surface area contributed by atoms with E-state index in [0.717, 1.165) is 5.56 Å². The summed E-state index contributed by atoms with van der Waals surface area (Å²) in [5.74, 6) is -0.661. The van der Waals surface area contributed by atoms with Crippen LogP contribution in [0.3, 0.4) is 0 Å². The van der Waals surface area contributed by atoms with Gasteiger partial charge in [-0.3, -0.25) is 9.59 Å². The molecule has 0 spiro atoms. The van der Waals surface area contributed by atoms with Crippen LogP contribution in [0.1, 0.15) is 59.4 Å². The summed E-state index contributed by atoms with van der Waals surface area (Å²) in [6.07, 6.45) is 2.33. The first kappa shape index (κ1) is 24.9. The zero-order valence-corrected chi connectivity index (χ0v) is 18.8.